The molecule has 1 aliphatic heterocycles. The molecular weight excluding hydrogens is 240 g/mol. The SMILES string of the molecule is CCOc1ccc2c(c1)C(CCN)CCN2C(C)=O. The summed E-state index contributed by atoms with van der Waals surface area (Å²) in [6.07, 6.45) is 1.92. The topological polar surface area (TPSA) is 55.6 Å². The molecule has 19 heavy (non-hydrogen) atoms. The lowest BCUT2D eigenvalue weighted by Crippen LogP contribution is -2.35. The Morgan fingerprint density at radius 2 is 2.32 bits per heavy atom. The van der Waals surface area contributed by atoms with E-state index < -0.39 is 0 Å². The van der Waals surface area contributed by atoms with E-state index in [1.54, 1.807) is 6.92 Å². The van der Waals surface area contributed by atoms with Gasteiger partial charge in [-0.25, -0.2) is 0 Å². The van der Waals surface area contributed by atoms with Crippen LogP contribution in [0.15, 0.2) is 18.2 Å². The molecule has 0 aliphatic carbocycles. The normalized spacial score (nSPS) is 18.1. The number of benzene rings is 1. The number of anilines is 1. The zero-order valence-electron chi connectivity index (χ0n) is 11.7. The lowest BCUT2D eigenvalue weighted by Gasteiger charge is -2.34. The van der Waals surface area contributed by atoms with Gasteiger partial charge in [-0.2, -0.15) is 0 Å². The van der Waals surface area contributed by atoms with Crippen LogP contribution in [-0.4, -0.2) is 25.6 Å². The van der Waals surface area contributed by atoms with Crippen LogP contribution in [0.5, 0.6) is 5.75 Å². The average molecular weight is 262 g/mol. The lowest BCUT2D eigenvalue weighted by atomic mass is 9.87. The van der Waals surface area contributed by atoms with Crippen molar-refractivity contribution in [3.63, 3.8) is 0 Å². The molecule has 4 heteroatoms. The largest absolute Gasteiger partial charge is 0.494 e. The Bertz CT molecular complexity index is 459. The minimum atomic E-state index is 0.0941. The Balaban J connectivity index is 2.38. The van der Waals surface area contributed by atoms with Gasteiger partial charge >= 0.3 is 0 Å². The smallest absolute Gasteiger partial charge is 0.223 e. The molecular formula is C15H22N2O2. The molecule has 1 aromatic rings. The van der Waals surface area contributed by atoms with E-state index in [2.05, 4.69) is 6.07 Å². The number of nitrogens with two attached hydrogens (primary N) is 1. The molecule has 0 spiro atoms. The Hall–Kier alpha value is -1.55. The molecule has 104 valence electrons. The summed E-state index contributed by atoms with van der Waals surface area (Å²) in [6.45, 7) is 5.68. The Kier molecular flexibility index (Phi) is 4.43. The van der Waals surface area contributed by atoms with Gasteiger partial charge in [0.2, 0.25) is 5.91 Å². The molecule has 1 aromatic carbocycles. The average Bonchev–Trinajstić information content (AvgIpc) is 2.39. The summed E-state index contributed by atoms with van der Waals surface area (Å²) in [4.78, 5) is 13.6. The van der Waals surface area contributed by atoms with E-state index in [0.29, 0.717) is 19.1 Å². The van der Waals surface area contributed by atoms with E-state index in [-0.39, 0.29) is 5.91 Å². The first kappa shape index (κ1) is 13.9. The van der Waals surface area contributed by atoms with E-state index >= 15 is 0 Å². The summed E-state index contributed by atoms with van der Waals surface area (Å²) >= 11 is 0. The highest BCUT2D eigenvalue weighted by Crippen LogP contribution is 2.39. The summed E-state index contributed by atoms with van der Waals surface area (Å²) in [6, 6.07) is 5.99. The second-order valence-corrected chi connectivity index (χ2v) is 4.89. The number of hydrogen-bond donors (Lipinski definition) is 1. The first-order valence-corrected chi connectivity index (χ1v) is 6.92. The third kappa shape index (κ3) is 2.89. The van der Waals surface area contributed by atoms with Crippen LogP contribution in [0.1, 0.15) is 38.2 Å². The van der Waals surface area contributed by atoms with Crippen LogP contribution in [0, 0.1) is 0 Å². The van der Waals surface area contributed by atoms with E-state index in [1.165, 1.54) is 5.56 Å². The molecule has 0 fully saturated rings. The van der Waals surface area contributed by atoms with Crippen LogP contribution in [0.3, 0.4) is 0 Å². The van der Waals surface area contributed by atoms with Crippen molar-refractivity contribution < 1.29 is 9.53 Å². The van der Waals surface area contributed by atoms with Gasteiger partial charge in [-0.05, 0) is 56.0 Å². The van der Waals surface area contributed by atoms with Gasteiger partial charge in [0.25, 0.3) is 0 Å². The van der Waals surface area contributed by atoms with Crippen molar-refractivity contribution in [1.29, 1.82) is 0 Å². The molecule has 1 amide bonds. The number of ether oxygens (including phenoxy) is 1. The fourth-order valence-corrected chi connectivity index (χ4v) is 2.75. The van der Waals surface area contributed by atoms with Gasteiger partial charge in [-0.1, -0.05) is 0 Å². The molecule has 1 heterocycles. The van der Waals surface area contributed by atoms with Gasteiger partial charge in [-0.15, -0.1) is 0 Å². The van der Waals surface area contributed by atoms with Crippen molar-refractivity contribution >= 4 is 11.6 Å². The first-order valence-electron chi connectivity index (χ1n) is 6.92. The van der Waals surface area contributed by atoms with Crippen molar-refractivity contribution in [3.05, 3.63) is 23.8 Å². The highest BCUT2D eigenvalue weighted by atomic mass is 16.5. The molecule has 1 unspecified atom stereocenters. The van der Waals surface area contributed by atoms with Gasteiger partial charge in [0, 0.05) is 19.2 Å². The van der Waals surface area contributed by atoms with Gasteiger partial charge < -0.3 is 15.4 Å². The molecule has 0 aromatic heterocycles. The molecule has 0 saturated heterocycles. The number of carbonyl (C=O) groups excluding carboxylic acids is 1. The van der Waals surface area contributed by atoms with E-state index in [1.807, 2.05) is 24.0 Å². The highest BCUT2D eigenvalue weighted by Gasteiger charge is 2.27. The Morgan fingerprint density at radius 3 is 2.95 bits per heavy atom. The van der Waals surface area contributed by atoms with Crippen LogP contribution in [0.4, 0.5) is 5.69 Å². The molecule has 0 radical (unpaired) electrons. The fraction of sp³-hybridized carbons (Fsp3) is 0.533. The maximum absolute atomic E-state index is 11.7. The summed E-state index contributed by atoms with van der Waals surface area (Å²) < 4.78 is 5.56. The van der Waals surface area contributed by atoms with Crippen LogP contribution in [-0.2, 0) is 4.79 Å². The summed E-state index contributed by atoms with van der Waals surface area (Å²) in [5.74, 6) is 1.39. The predicted octanol–water partition coefficient (Wildman–Crippen LogP) is 2.27. The van der Waals surface area contributed by atoms with Gasteiger partial charge in [0.15, 0.2) is 0 Å². The van der Waals surface area contributed by atoms with Gasteiger partial charge in [-0.3, -0.25) is 4.79 Å². The maximum atomic E-state index is 11.7. The number of amides is 1. The summed E-state index contributed by atoms with van der Waals surface area (Å²) in [5.41, 5.74) is 7.90. The van der Waals surface area contributed by atoms with Crippen molar-refractivity contribution in [3.8, 4) is 5.75 Å². The number of rotatable bonds is 4. The second-order valence-electron chi connectivity index (χ2n) is 4.89. The fourth-order valence-electron chi connectivity index (χ4n) is 2.75. The minimum Gasteiger partial charge on any atom is -0.494 e. The second kappa shape index (κ2) is 6.06. The van der Waals surface area contributed by atoms with E-state index in [4.69, 9.17) is 10.5 Å². The predicted molar refractivity (Wildman–Crippen MR) is 76.7 cm³/mol. The van der Waals surface area contributed by atoms with Crippen LogP contribution in [0.25, 0.3) is 0 Å². The number of nitrogens with zero attached hydrogens (tertiary/aromatic N) is 1. The van der Waals surface area contributed by atoms with Crippen LogP contribution >= 0.6 is 0 Å². The molecule has 2 rings (SSSR count). The van der Waals surface area contributed by atoms with Crippen molar-refractivity contribution in [1.82, 2.24) is 0 Å². The number of carbonyl (C=O) groups is 1. The minimum absolute atomic E-state index is 0.0941. The molecule has 2 N–H and O–H groups in total. The maximum Gasteiger partial charge on any atom is 0.223 e. The van der Waals surface area contributed by atoms with Crippen LogP contribution < -0.4 is 15.4 Å². The lowest BCUT2D eigenvalue weighted by molar-refractivity contribution is -0.116. The monoisotopic (exact) mass is 262 g/mol. The number of hydrogen-bond acceptors (Lipinski definition) is 3. The third-order valence-electron chi connectivity index (χ3n) is 3.64. The standard InChI is InChI=1S/C15H22N2O2/c1-3-19-13-4-5-15-14(10-13)12(6-8-16)7-9-17(15)11(2)18/h4-5,10,12H,3,6-9,16H2,1-2H3. The third-order valence-corrected chi connectivity index (χ3v) is 3.64. The zero-order chi connectivity index (χ0) is 13.8. The van der Waals surface area contributed by atoms with Crippen LogP contribution in [0.2, 0.25) is 0 Å². The van der Waals surface area contributed by atoms with E-state index in [0.717, 1.165) is 30.8 Å². The zero-order valence-corrected chi connectivity index (χ0v) is 11.7. The molecule has 4 nitrogen and oxygen atoms in total. The Labute approximate surface area is 114 Å². The first-order chi connectivity index (χ1) is 9.17. The van der Waals surface area contributed by atoms with Crippen molar-refractivity contribution in [2.45, 2.75) is 32.6 Å². The Morgan fingerprint density at radius 1 is 1.53 bits per heavy atom. The number of fused-ring (bicyclic) bond motifs is 1. The van der Waals surface area contributed by atoms with Gasteiger partial charge in [0.1, 0.15) is 5.75 Å². The quantitative estimate of drug-likeness (QED) is 0.905. The van der Waals surface area contributed by atoms with Gasteiger partial charge in [0.05, 0.1) is 6.61 Å². The highest BCUT2D eigenvalue weighted by molar-refractivity contribution is 5.93. The summed E-state index contributed by atoms with van der Waals surface area (Å²) in [5, 5.41) is 0. The van der Waals surface area contributed by atoms with E-state index in [9.17, 15) is 4.79 Å². The van der Waals surface area contributed by atoms with Crippen molar-refractivity contribution in [2.24, 2.45) is 5.73 Å². The van der Waals surface area contributed by atoms with Crippen molar-refractivity contribution in [2.75, 3.05) is 24.6 Å². The molecule has 1 aliphatic rings. The summed E-state index contributed by atoms with van der Waals surface area (Å²) in [7, 11) is 0. The molecule has 0 bridgehead atoms. The molecule has 0 saturated carbocycles. The molecule has 1 atom stereocenters.